The summed E-state index contributed by atoms with van der Waals surface area (Å²) in [5, 5.41) is 0. The second kappa shape index (κ2) is 4.37. The zero-order valence-electron chi connectivity index (χ0n) is 11.0. The highest BCUT2D eigenvalue weighted by atomic mass is 15.2. The van der Waals surface area contributed by atoms with E-state index in [4.69, 9.17) is 12.8 Å². The molecule has 0 atom stereocenters. The molecule has 0 radical (unpaired) electrons. The smallest absolute Gasteiger partial charge is 0.0599 e. The van der Waals surface area contributed by atoms with Gasteiger partial charge in [-0.1, -0.05) is 25.7 Å². The summed E-state index contributed by atoms with van der Waals surface area (Å²) in [6, 6.07) is 0. The van der Waals surface area contributed by atoms with E-state index in [1.54, 1.807) is 0 Å². The first kappa shape index (κ1) is 12.5. The maximum atomic E-state index is 5.44. The molecule has 2 heterocycles. The molecule has 2 nitrogen and oxygen atoms in total. The van der Waals surface area contributed by atoms with Crippen LogP contribution in [0.15, 0.2) is 0 Å². The van der Waals surface area contributed by atoms with E-state index in [1.807, 2.05) is 0 Å². The Kier molecular flexibility index (Phi) is 3.21. The molecule has 2 aliphatic rings. The average Bonchev–Trinajstić information content (AvgIpc) is 2.13. The van der Waals surface area contributed by atoms with E-state index in [9.17, 15) is 0 Å². The van der Waals surface area contributed by atoms with Crippen LogP contribution in [-0.2, 0) is 0 Å². The van der Waals surface area contributed by atoms with Gasteiger partial charge < -0.3 is 0 Å². The summed E-state index contributed by atoms with van der Waals surface area (Å²) >= 11 is 0. The molecule has 17 heavy (non-hydrogen) atoms. The molecular weight excluding hydrogens is 208 g/mol. The maximum Gasteiger partial charge on any atom is 0.0599 e. The lowest BCUT2D eigenvalue weighted by Gasteiger charge is -2.56. The monoisotopic (exact) mass is 230 g/mol. The lowest BCUT2D eigenvalue weighted by Crippen LogP contribution is -2.62. The molecule has 0 aromatic rings. The molecule has 0 saturated carbocycles. The van der Waals surface area contributed by atoms with Crippen molar-refractivity contribution in [2.24, 2.45) is 10.8 Å². The van der Waals surface area contributed by atoms with Crippen molar-refractivity contribution in [3.63, 3.8) is 0 Å². The van der Waals surface area contributed by atoms with Crippen molar-refractivity contribution in [2.45, 2.75) is 20.3 Å². The number of nitrogens with zero attached hydrogens (tertiary/aromatic N) is 2. The van der Waals surface area contributed by atoms with Gasteiger partial charge in [0.25, 0.3) is 0 Å². The molecule has 2 rings (SSSR count). The third kappa shape index (κ3) is 2.65. The summed E-state index contributed by atoms with van der Waals surface area (Å²) in [5.74, 6) is 5.55. The van der Waals surface area contributed by atoms with Gasteiger partial charge in [-0.3, -0.25) is 9.80 Å². The van der Waals surface area contributed by atoms with Crippen molar-refractivity contribution in [2.75, 3.05) is 39.3 Å². The summed E-state index contributed by atoms with van der Waals surface area (Å²) in [4.78, 5) is 4.85. The maximum absolute atomic E-state index is 5.44. The van der Waals surface area contributed by atoms with Gasteiger partial charge in [-0.15, -0.1) is 12.8 Å². The van der Waals surface area contributed by atoms with Gasteiger partial charge in [0.05, 0.1) is 13.1 Å². The second-order valence-electron chi connectivity index (χ2n) is 6.50. The van der Waals surface area contributed by atoms with Crippen LogP contribution in [0.5, 0.6) is 0 Å². The number of piperidine rings is 2. The third-order valence-corrected chi connectivity index (χ3v) is 3.90. The summed E-state index contributed by atoms with van der Waals surface area (Å²) < 4.78 is 0. The van der Waals surface area contributed by atoms with E-state index < -0.39 is 0 Å². The number of hydrogen-bond acceptors (Lipinski definition) is 2. The first-order valence-electron chi connectivity index (χ1n) is 6.30. The largest absolute Gasteiger partial charge is 0.291 e. The fourth-order valence-corrected chi connectivity index (χ4v) is 4.11. The first-order valence-corrected chi connectivity index (χ1v) is 6.30. The van der Waals surface area contributed by atoms with Crippen molar-refractivity contribution >= 4 is 0 Å². The van der Waals surface area contributed by atoms with E-state index in [1.165, 1.54) is 6.42 Å². The van der Waals surface area contributed by atoms with E-state index >= 15 is 0 Å². The fourth-order valence-electron chi connectivity index (χ4n) is 4.11. The van der Waals surface area contributed by atoms with Crippen LogP contribution in [0.2, 0.25) is 0 Å². The molecule has 0 spiro atoms. The number of terminal acetylenes is 2. The van der Waals surface area contributed by atoms with Gasteiger partial charge in [0.1, 0.15) is 0 Å². The summed E-state index contributed by atoms with van der Waals surface area (Å²) in [5.41, 5.74) is 0.692. The minimum absolute atomic E-state index is 0.346. The molecule has 0 unspecified atom stereocenters. The van der Waals surface area contributed by atoms with Gasteiger partial charge in [0.15, 0.2) is 0 Å². The van der Waals surface area contributed by atoms with Crippen LogP contribution in [0.1, 0.15) is 20.3 Å². The van der Waals surface area contributed by atoms with Gasteiger partial charge in [0.2, 0.25) is 0 Å². The summed E-state index contributed by atoms with van der Waals surface area (Å²) in [6.07, 6.45) is 12.2. The molecular formula is C15H22N2. The van der Waals surface area contributed by atoms with Gasteiger partial charge in [0, 0.05) is 26.2 Å². The predicted octanol–water partition coefficient (Wildman–Crippen LogP) is 1.29. The summed E-state index contributed by atoms with van der Waals surface area (Å²) in [7, 11) is 0. The Morgan fingerprint density at radius 3 is 1.53 bits per heavy atom. The topological polar surface area (TPSA) is 6.48 Å². The molecule has 0 N–H and O–H groups in total. The molecule has 2 bridgehead atoms. The van der Waals surface area contributed by atoms with Gasteiger partial charge in [-0.2, -0.15) is 0 Å². The van der Waals surface area contributed by atoms with Crippen molar-refractivity contribution in [1.82, 2.24) is 9.80 Å². The number of likely N-dealkylation sites (tertiary alicyclic amines) is 2. The lowest BCUT2D eigenvalue weighted by molar-refractivity contribution is -0.0655. The van der Waals surface area contributed by atoms with Gasteiger partial charge in [-0.25, -0.2) is 0 Å². The van der Waals surface area contributed by atoms with Crippen molar-refractivity contribution < 1.29 is 0 Å². The van der Waals surface area contributed by atoms with Gasteiger partial charge in [-0.05, 0) is 17.3 Å². The Balaban J connectivity index is 2.14. The highest BCUT2D eigenvalue weighted by molar-refractivity contribution is 5.05. The zero-order chi connectivity index (χ0) is 12.5. The second-order valence-corrected chi connectivity index (χ2v) is 6.50. The highest BCUT2D eigenvalue weighted by Crippen LogP contribution is 2.45. The van der Waals surface area contributed by atoms with Crippen LogP contribution in [0.4, 0.5) is 0 Å². The zero-order valence-corrected chi connectivity index (χ0v) is 11.0. The van der Waals surface area contributed by atoms with Crippen molar-refractivity contribution in [3.8, 4) is 24.7 Å². The molecule has 0 aromatic carbocycles. The molecule has 0 aromatic heterocycles. The molecule has 92 valence electrons. The van der Waals surface area contributed by atoms with E-state index in [2.05, 4.69) is 35.5 Å². The van der Waals surface area contributed by atoms with Crippen LogP contribution in [0.25, 0.3) is 0 Å². The SMILES string of the molecule is C#CCN1CC2(C)CN(CC#C)CC(C)(C1)C2. The fraction of sp³-hybridized carbons (Fsp3) is 0.733. The quantitative estimate of drug-likeness (QED) is 0.660. The van der Waals surface area contributed by atoms with Crippen LogP contribution < -0.4 is 0 Å². The highest BCUT2D eigenvalue weighted by Gasteiger charge is 2.47. The summed E-state index contributed by atoms with van der Waals surface area (Å²) in [6.45, 7) is 10.7. The van der Waals surface area contributed by atoms with Crippen LogP contribution in [0, 0.1) is 35.5 Å². The number of fused-ring (bicyclic) bond motifs is 2. The Morgan fingerprint density at radius 2 is 1.24 bits per heavy atom. The molecule has 2 aliphatic heterocycles. The lowest BCUT2D eigenvalue weighted by atomic mass is 9.65. The Morgan fingerprint density at radius 1 is 0.882 bits per heavy atom. The molecule has 0 amide bonds. The van der Waals surface area contributed by atoms with Crippen molar-refractivity contribution in [3.05, 3.63) is 0 Å². The van der Waals surface area contributed by atoms with E-state index in [0.29, 0.717) is 10.8 Å². The average molecular weight is 230 g/mol. The normalized spacial score (nSPS) is 38.4. The van der Waals surface area contributed by atoms with Crippen LogP contribution in [-0.4, -0.2) is 49.1 Å². The number of hydrogen-bond donors (Lipinski definition) is 0. The van der Waals surface area contributed by atoms with Gasteiger partial charge >= 0.3 is 0 Å². The molecule has 2 saturated heterocycles. The number of rotatable bonds is 2. The third-order valence-electron chi connectivity index (χ3n) is 3.90. The van der Waals surface area contributed by atoms with E-state index in [0.717, 1.165) is 39.3 Å². The Hall–Kier alpha value is -0.960. The standard InChI is InChI=1S/C15H22N2/c1-5-7-16-10-14(3)9-15(4,11-16)13-17(12-14)8-6-2/h1-2H,7-13H2,3-4H3. The molecule has 2 fully saturated rings. The molecule has 2 heteroatoms. The first-order chi connectivity index (χ1) is 7.99. The molecule has 0 aliphatic carbocycles. The van der Waals surface area contributed by atoms with Crippen molar-refractivity contribution in [1.29, 1.82) is 0 Å². The predicted molar refractivity (Wildman–Crippen MR) is 71.4 cm³/mol. The Labute approximate surface area is 105 Å². The minimum atomic E-state index is 0.346. The van der Waals surface area contributed by atoms with E-state index in [-0.39, 0.29) is 0 Å². The Bertz CT molecular complexity index is 323. The minimum Gasteiger partial charge on any atom is -0.291 e. The van der Waals surface area contributed by atoms with Crippen LogP contribution >= 0.6 is 0 Å². The van der Waals surface area contributed by atoms with Crippen LogP contribution in [0.3, 0.4) is 0 Å².